The molecule has 0 aliphatic carbocycles. The first-order valence-electron chi connectivity index (χ1n) is 5.64. The van der Waals surface area contributed by atoms with Crippen molar-refractivity contribution in [1.29, 1.82) is 0 Å². The van der Waals surface area contributed by atoms with Crippen LogP contribution in [0, 0.1) is 17.0 Å². The first-order chi connectivity index (χ1) is 9.58. The number of nitro groups is 1. The van der Waals surface area contributed by atoms with Crippen LogP contribution in [0.4, 0.5) is 5.69 Å². The molecule has 8 nitrogen and oxygen atoms in total. The van der Waals surface area contributed by atoms with Crippen molar-refractivity contribution in [3.05, 3.63) is 33.3 Å². The summed E-state index contributed by atoms with van der Waals surface area (Å²) in [4.78, 5) is 15.6. The summed E-state index contributed by atoms with van der Waals surface area (Å²) in [6.45, 7) is 1.62. The Bertz CT molecular complexity index is 774. The third-order valence-corrected chi connectivity index (χ3v) is 3.72. The number of nitrogens with zero attached hydrogens (tertiary/aromatic N) is 5. The van der Waals surface area contributed by atoms with Gasteiger partial charge in [-0.25, -0.2) is 0 Å². The van der Waals surface area contributed by atoms with E-state index in [4.69, 9.17) is 4.52 Å². The van der Waals surface area contributed by atoms with Crippen molar-refractivity contribution < 1.29 is 9.45 Å². The SMILES string of the molecule is Cc1c([N+](=O)[O-])c(-c2nc(-c3cccs3)no2)nn1C. The molecule has 102 valence electrons. The van der Waals surface area contributed by atoms with Crippen LogP contribution >= 0.6 is 11.3 Å². The Hall–Kier alpha value is -2.55. The van der Waals surface area contributed by atoms with Crippen molar-refractivity contribution in [3.63, 3.8) is 0 Å². The second-order valence-electron chi connectivity index (χ2n) is 4.06. The second kappa shape index (κ2) is 4.53. The number of hydrogen-bond donors (Lipinski definition) is 0. The number of aromatic nitrogens is 4. The summed E-state index contributed by atoms with van der Waals surface area (Å²) in [6.07, 6.45) is 0. The highest BCUT2D eigenvalue weighted by Crippen LogP contribution is 2.32. The molecule has 3 rings (SSSR count). The van der Waals surface area contributed by atoms with E-state index >= 15 is 0 Å². The molecule has 0 aliphatic heterocycles. The van der Waals surface area contributed by atoms with Crippen molar-refractivity contribution in [1.82, 2.24) is 19.9 Å². The van der Waals surface area contributed by atoms with Crippen molar-refractivity contribution in [2.24, 2.45) is 7.05 Å². The Balaban J connectivity index is 2.11. The number of rotatable bonds is 3. The lowest BCUT2D eigenvalue weighted by Crippen LogP contribution is -1.94. The Morgan fingerprint density at radius 1 is 1.50 bits per heavy atom. The lowest BCUT2D eigenvalue weighted by Gasteiger charge is -1.90. The van der Waals surface area contributed by atoms with E-state index in [2.05, 4.69) is 15.2 Å². The summed E-state index contributed by atoms with van der Waals surface area (Å²) in [5, 5.41) is 20.9. The summed E-state index contributed by atoms with van der Waals surface area (Å²) in [5.41, 5.74) is 0.403. The van der Waals surface area contributed by atoms with E-state index in [0.29, 0.717) is 11.5 Å². The lowest BCUT2D eigenvalue weighted by atomic mass is 10.3. The fraction of sp³-hybridized carbons (Fsp3) is 0.182. The molecule has 3 aromatic heterocycles. The maximum Gasteiger partial charge on any atom is 0.322 e. The highest BCUT2D eigenvalue weighted by atomic mass is 32.1. The molecular formula is C11H9N5O3S. The summed E-state index contributed by atoms with van der Waals surface area (Å²) in [7, 11) is 1.63. The average molecular weight is 291 g/mol. The summed E-state index contributed by atoms with van der Waals surface area (Å²) in [5.74, 6) is 0.441. The van der Waals surface area contributed by atoms with Gasteiger partial charge < -0.3 is 4.52 Å². The molecular weight excluding hydrogens is 282 g/mol. The molecule has 0 N–H and O–H groups in total. The van der Waals surface area contributed by atoms with Crippen LogP contribution in [0.25, 0.3) is 22.3 Å². The minimum absolute atomic E-state index is 0.0452. The number of hydrogen-bond acceptors (Lipinski definition) is 7. The molecule has 3 aromatic rings. The van der Waals surface area contributed by atoms with Gasteiger partial charge in [0.25, 0.3) is 5.89 Å². The van der Waals surface area contributed by atoms with Gasteiger partial charge in [0.05, 0.1) is 9.80 Å². The Labute approximate surface area is 116 Å². The second-order valence-corrected chi connectivity index (χ2v) is 5.01. The molecule has 0 aromatic carbocycles. The molecule has 0 bridgehead atoms. The third kappa shape index (κ3) is 1.88. The molecule has 0 atom stereocenters. The van der Waals surface area contributed by atoms with Crippen LogP contribution in [-0.4, -0.2) is 24.8 Å². The minimum atomic E-state index is -0.493. The zero-order valence-electron chi connectivity index (χ0n) is 10.6. The highest BCUT2D eigenvalue weighted by molar-refractivity contribution is 7.13. The van der Waals surface area contributed by atoms with Gasteiger partial charge >= 0.3 is 5.69 Å². The smallest absolute Gasteiger partial charge is 0.322 e. The minimum Gasteiger partial charge on any atom is -0.331 e. The molecule has 0 spiro atoms. The van der Waals surface area contributed by atoms with Gasteiger partial charge in [-0.2, -0.15) is 10.1 Å². The molecule has 9 heteroatoms. The van der Waals surface area contributed by atoms with Crippen LogP contribution in [0.5, 0.6) is 0 Å². The molecule has 0 fully saturated rings. The summed E-state index contributed by atoms with van der Waals surface area (Å²) < 4.78 is 6.52. The van der Waals surface area contributed by atoms with Crippen molar-refractivity contribution in [3.8, 4) is 22.3 Å². The van der Waals surface area contributed by atoms with Gasteiger partial charge in [-0.05, 0) is 18.4 Å². The van der Waals surface area contributed by atoms with Gasteiger partial charge in [0.2, 0.25) is 11.5 Å². The molecule has 0 amide bonds. The maximum atomic E-state index is 11.1. The predicted octanol–water partition coefficient (Wildman–Crippen LogP) is 2.42. The van der Waals surface area contributed by atoms with Gasteiger partial charge in [0, 0.05) is 7.05 Å². The molecule has 0 saturated heterocycles. The Kier molecular flexibility index (Phi) is 2.83. The predicted molar refractivity (Wildman–Crippen MR) is 71.2 cm³/mol. The van der Waals surface area contributed by atoms with Crippen LogP contribution in [0.3, 0.4) is 0 Å². The largest absolute Gasteiger partial charge is 0.331 e. The summed E-state index contributed by atoms with van der Waals surface area (Å²) in [6, 6.07) is 3.71. The van der Waals surface area contributed by atoms with Gasteiger partial charge in [0.1, 0.15) is 5.69 Å². The first kappa shape index (κ1) is 12.5. The van der Waals surface area contributed by atoms with Crippen LogP contribution in [0.1, 0.15) is 5.69 Å². The molecule has 0 aliphatic rings. The monoisotopic (exact) mass is 291 g/mol. The highest BCUT2D eigenvalue weighted by Gasteiger charge is 2.29. The molecule has 0 radical (unpaired) electrons. The quantitative estimate of drug-likeness (QED) is 0.542. The Morgan fingerprint density at radius 2 is 2.30 bits per heavy atom. The molecule has 0 unspecified atom stereocenters. The molecule has 20 heavy (non-hydrogen) atoms. The van der Waals surface area contributed by atoms with Crippen molar-refractivity contribution in [2.45, 2.75) is 6.92 Å². The lowest BCUT2D eigenvalue weighted by molar-refractivity contribution is -0.384. The number of thiophene rings is 1. The maximum absolute atomic E-state index is 11.1. The van der Waals surface area contributed by atoms with E-state index in [1.165, 1.54) is 16.0 Å². The normalized spacial score (nSPS) is 10.9. The van der Waals surface area contributed by atoms with Crippen molar-refractivity contribution in [2.75, 3.05) is 0 Å². The van der Waals surface area contributed by atoms with Gasteiger partial charge in [-0.3, -0.25) is 14.8 Å². The van der Waals surface area contributed by atoms with E-state index in [0.717, 1.165) is 4.88 Å². The average Bonchev–Trinajstić information content (AvgIpc) is 3.10. The van der Waals surface area contributed by atoms with E-state index in [1.807, 2.05) is 17.5 Å². The fourth-order valence-corrected chi connectivity index (χ4v) is 2.43. The molecule has 3 heterocycles. The van der Waals surface area contributed by atoms with Crippen molar-refractivity contribution >= 4 is 17.0 Å². The van der Waals surface area contributed by atoms with Gasteiger partial charge in [-0.15, -0.1) is 11.3 Å². The van der Waals surface area contributed by atoms with E-state index in [-0.39, 0.29) is 17.3 Å². The molecule has 0 saturated carbocycles. The first-order valence-corrected chi connectivity index (χ1v) is 6.52. The topological polar surface area (TPSA) is 99.9 Å². The van der Waals surface area contributed by atoms with Gasteiger partial charge in [-0.1, -0.05) is 11.2 Å². The zero-order valence-corrected chi connectivity index (χ0v) is 11.4. The van der Waals surface area contributed by atoms with Gasteiger partial charge in [0.15, 0.2) is 0 Å². The number of aryl methyl sites for hydroxylation is 1. The standard InChI is InChI=1S/C11H9N5O3S/c1-6-9(16(17)18)8(13-15(6)2)11-12-10(14-19-11)7-4-3-5-20-7/h3-5H,1-2H3. The zero-order chi connectivity index (χ0) is 14.3. The van der Waals surface area contributed by atoms with Crippen LogP contribution in [-0.2, 0) is 7.05 Å². The summed E-state index contributed by atoms with van der Waals surface area (Å²) >= 11 is 1.46. The fourth-order valence-electron chi connectivity index (χ4n) is 1.79. The van der Waals surface area contributed by atoms with Crippen LogP contribution in [0.15, 0.2) is 22.0 Å². The van der Waals surface area contributed by atoms with Crippen LogP contribution in [0.2, 0.25) is 0 Å². The third-order valence-electron chi connectivity index (χ3n) is 2.86. The van der Waals surface area contributed by atoms with E-state index in [1.54, 1.807) is 14.0 Å². The van der Waals surface area contributed by atoms with Crippen LogP contribution < -0.4 is 0 Å². The van der Waals surface area contributed by atoms with E-state index < -0.39 is 4.92 Å². The van der Waals surface area contributed by atoms with E-state index in [9.17, 15) is 10.1 Å². The Morgan fingerprint density at radius 3 is 2.95 bits per heavy atom.